The Balaban J connectivity index is 2.08. The van der Waals surface area contributed by atoms with Gasteiger partial charge in [0.2, 0.25) is 0 Å². The normalized spacial score (nSPS) is 23.9. The predicted octanol–water partition coefficient (Wildman–Crippen LogP) is 2.60. The Hall–Kier alpha value is -2.21. The minimum atomic E-state index is -0.636. The van der Waals surface area contributed by atoms with Gasteiger partial charge in [-0.2, -0.15) is 0 Å². The van der Waals surface area contributed by atoms with Crippen LogP contribution in [0.1, 0.15) is 46.2 Å². The second kappa shape index (κ2) is 4.64. The topological polar surface area (TPSA) is 62.4 Å². The van der Waals surface area contributed by atoms with Crippen LogP contribution in [0.25, 0.3) is 10.9 Å². The van der Waals surface area contributed by atoms with Gasteiger partial charge in [-0.1, -0.05) is 0 Å². The molecule has 4 rings (SSSR count). The molecular formula is C17H17FN2O3. The average molecular weight is 316 g/mol. The molecule has 1 N–H and O–H groups in total. The molecule has 2 aromatic rings. The maximum Gasteiger partial charge on any atom is 0.338 e. The van der Waals surface area contributed by atoms with Crippen molar-refractivity contribution < 1.29 is 18.7 Å². The van der Waals surface area contributed by atoms with E-state index in [-0.39, 0.29) is 16.9 Å². The Morgan fingerprint density at radius 1 is 1.43 bits per heavy atom. The first-order chi connectivity index (χ1) is 11.0. The minimum absolute atomic E-state index is 0.0395. The third kappa shape index (κ3) is 1.81. The molecule has 1 atom stereocenters. The number of hydrogen-bond acceptors (Lipinski definition) is 4. The highest BCUT2D eigenvalue weighted by atomic mass is 19.1. The number of nitrogens with one attached hydrogen (secondary N) is 1. The Bertz CT molecular complexity index is 857. The lowest BCUT2D eigenvalue weighted by Crippen LogP contribution is -2.46. The first-order valence-corrected chi connectivity index (χ1v) is 7.68. The van der Waals surface area contributed by atoms with E-state index in [9.17, 15) is 14.0 Å². The molecule has 23 heavy (non-hydrogen) atoms. The fraction of sp³-hybridized carbons (Fsp3) is 0.412. The number of Topliss-reactive ketones (excluding diaryl/α,β-unsaturated/α-hetero) is 1. The molecular weight excluding hydrogens is 299 g/mol. The molecule has 1 saturated heterocycles. The van der Waals surface area contributed by atoms with Gasteiger partial charge in [0.25, 0.3) is 0 Å². The SMILES string of the molecule is COC(=O)c1cc(F)cc2[nH]c3c(c12)C(=O)CN1CCCC31C. The van der Waals surface area contributed by atoms with Gasteiger partial charge in [0.15, 0.2) is 5.78 Å². The molecule has 0 spiro atoms. The van der Waals surface area contributed by atoms with Crippen LogP contribution in [0.4, 0.5) is 4.39 Å². The van der Waals surface area contributed by atoms with E-state index in [0.29, 0.717) is 23.0 Å². The number of esters is 1. The van der Waals surface area contributed by atoms with Gasteiger partial charge in [-0.3, -0.25) is 9.69 Å². The van der Waals surface area contributed by atoms with E-state index in [2.05, 4.69) is 16.8 Å². The number of aromatic amines is 1. The first-order valence-electron chi connectivity index (χ1n) is 7.68. The Labute approximate surface area is 132 Å². The van der Waals surface area contributed by atoms with Crippen molar-refractivity contribution in [2.45, 2.75) is 25.3 Å². The number of carbonyl (C=O) groups excluding carboxylic acids is 2. The average Bonchev–Trinajstić information content (AvgIpc) is 3.07. The fourth-order valence-electron chi connectivity index (χ4n) is 4.06. The number of ketones is 1. The number of aromatic nitrogens is 1. The zero-order chi connectivity index (χ0) is 16.4. The summed E-state index contributed by atoms with van der Waals surface area (Å²) in [5.74, 6) is -1.21. The summed E-state index contributed by atoms with van der Waals surface area (Å²) < 4.78 is 18.7. The molecule has 2 aliphatic rings. The highest BCUT2D eigenvalue weighted by Crippen LogP contribution is 2.45. The zero-order valence-electron chi connectivity index (χ0n) is 13.0. The zero-order valence-corrected chi connectivity index (χ0v) is 13.0. The Kier molecular flexibility index (Phi) is 2.90. The fourth-order valence-corrected chi connectivity index (χ4v) is 4.06. The number of halogens is 1. The van der Waals surface area contributed by atoms with Crippen molar-refractivity contribution in [3.8, 4) is 0 Å². The van der Waals surface area contributed by atoms with Gasteiger partial charge in [0.05, 0.1) is 35.8 Å². The van der Waals surface area contributed by atoms with Gasteiger partial charge < -0.3 is 9.72 Å². The number of hydrogen-bond donors (Lipinski definition) is 1. The summed E-state index contributed by atoms with van der Waals surface area (Å²) >= 11 is 0. The van der Waals surface area contributed by atoms with Crippen LogP contribution in [0.15, 0.2) is 12.1 Å². The number of ether oxygens (including phenoxy) is 1. The molecule has 5 nitrogen and oxygen atoms in total. The van der Waals surface area contributed by atoms with Crippen molar-refractivity contribution in [1.82, 2.24) is 9.88 Å². The van der Waals surface area contributed by atoms with E-state index in [4.69, 9.17) is 4.74 Å². The van der Waals surface area contributed by atoms with Crippen molar-refractivity contribution >= 4 is 22.7 Å². The largest absolute Gasteiger partial charge is 0.465 e. The van der Waals surface area contributed by atoms with Gasteiger partial charge in [-0.25, -0.2) is 9.18 Å². The van der Waals surface area contributed by atoms with Gasteiger partial charge in [-0.15, -0.1) is 0 Å². The summed E-state index contributed by atoms with van der Waals surface area (Å²) in [6.45, 7) is 3.29. The van der Waals surface area contributed by atoms with Crippen LogP contribution in [0.5, 0.6) is 0 Å². The molecule has 0 amide bonds. The number of carbonyl (C=O) groups is 2. The highest BCUT2D eigenvalue weighted by molar-refractivity contribution is 6.17. The molecule has 0 saturated carbocycles. The summed E-state index contributed by atoms with van der Waals surface area (Å²) in [7, 11) is 1.25. The van der Waals surface area contributed by atoms with Gasteiger partial charge in [0.1, 0.15) is 5.82 Å². The van der Waals surface area contributed by atoms with E-state index >= 15 is 0 Å². The second-order valence-corrected chi connectivity index (χ2v) is 6.46. The van der Waals surface area contributed by atoms with Crippen LogP contribution in [0.2, 0.25) is 0 Å². The van der Waals surface area contributed by atoms with Gasteiger partial charge >= 0.3 is 5.97 Å². The molecule has 1 unspecified atom stereocenters. The predicted molar refractivity (Wildman–Crippen MR) is 82.1 cm³/mol. The molecule has 2 aliphatic heterocycles. The number of rotatable bonds is 1. The molecule has 1 aromatic carbocycles. The van der Waals surface area contributed by atoms with Crippen molar-refractivity contribution in [3.05, 3.63) is 34.8 Å². The standard InChI is InChI=1S/C17H17FN2O3/c1-17-4-3-5-20(17)8-12(21)14-13-10(16(22)23-2)6-9(18)7-11(13)19-15(14)17/h6-7,19H,3-5,8H2,1-2H3. The van der Waals surface area contributed by atoms with Gasteiger partial charge in [0, 0.05) is 11.1 Å². The lowest BCUT2D eigenvalue weighted by atomic mass is 9.85. The van der Waals surface area contributed by atoms with Crippen molar-refractivity contribution in [2.24, 2.45) is 0 Å². The van der Waals surface area contributed by atoms with Crippen LogP contribution < -0.4 is 0 Å². The van der Waals surface area contributed by atoms with Crippen molar-refractivity contribution in [3.63, 3.8) is 0 Å². The van der Waals surface area contributed by atoms with E-state index in [0.717, 1.165) is 31.1 Å². The third-order valence-corrected chi connectivity index (χ3v) is 5.21. The van der Waals surface area contributed by atoms with Crippen LogP contribution in [0.3, 0.4) is 0 Å². The molecule has 0 bridgehead atoms. The maximum absolute atomic E-state index is 13.9. The molecule has 3 heterocycles. The third-order valence-electron chi connectivity index (χ3n) is 5.21. The molecule has 1 aromatic heterocycles. The number of benzene rings is 1. The van der Waals surface area contributed by atoms with E-state index in [1.54, 1.807) is 0 Å². The molecule has 120 valence electrons. The minimum Gasteiger partial charge on any atom is -0.465 e. The highest BCUT2D eigenvalue weighted by Gasteiger charge is 2.47. The summed E-state index contributed by atoms with van der Waals surface area (Å²) in [6.07, 6.45) is 1.94. The number of methoxy groups -OCH3 is 1. The van der Waals surface area contributed by atoms with Crippen molar-refractivity contribution in [1.29, 1.82) is 0 Å². The van der Waals surface area contributed by atoms with Crippen molar-refractivity contribution in [2.75, 3.05) is 20.2 Å². The second-order valence-electron chi connectivity index (χ2n) is 6.46. The lowest BCUT2D eigenvalue weighted by Gasteiger charge is -2.38. The summed E-state index contributed by atoms with van der Waals surface area (Å²) in [6, 6.07) is 2.47. The molecule has 1 fully saturated rings. The Morgan fingerprint density at radius 3 is 2.96 bits per heavy atom. The smallest absolute Gasteiger partial charge is 0.338 e. The summed E-state index contributed by atoms with van der Waals surface area (Å²) in [4.78, 5) is 30.1. The van der Waals surface area contributed by atoms with E-state index in [1.807, 2.05) is 0 Å². The number of nitrogens with zero attached hydrogens (tertiary/aromatic N) is 1. The first kappa shape index (κ1) is 14.4. The Morgan fingerprint density at radius 2 is 2.22 bits per heavy atom. The van der Waals surface area contributed by atoms with Gasteiger partial charge in [-0.05, 0) is 38.4 Å². The van der Waals surface area contributed by atoms with E-state index in [1.165, 1.54) is 13.2 Å². The van der Waals surface area contributed by atoms with Crippen LogP contribution in [0, 0.1) is 5.82 Å². The summed E-state index contributed by atoms with van der Waals surface area (Å²) in [5.41, 5.74) is 1.60. The summed E-state index contributed by atoms with van der Waals surface area (Å²) in [5, 5.41) is 0.478. The quantitative estimate of drug-likeness (QED) is 0.822. The molecule has 0 aliphatic carbocycles. The molecule has 6 heteroatoms. The van der Waals surface area contributed by atoms with Crippen LogP contribution in [-0.2, 0) is 10.3 Å². The monoisotopic (exact) mass is 316 g/mol. The maximum atomic E-state index is 13.9. The van der Waals surface area contributed by atoms with Crippen LogP contribution >= 0.6 is 0 Å². The van der Waals surface area contributed by atoms with Crippen LogP contribution in [-0.4, -0.2) is 41.8 Å². The number of H-pyrrole nitrogens is 1. The number of fused-ring (bicyclic) bond motifs is 5. The molecule has 0 radical (unpaired) electrons. The lowest BCUT2D eigenvalue weighted by molar-refractivity contribution is 0.0602. The van der Waals surface area contributed by atoms with E-state index < -0.39 is 11.8 Å².